The van der Waals surface area contributed by atoms with Gasteiger partial charge in [-0.05, 0) is 12.8 Å². The second-order valence-corrected chi connectivity index (χ2v) is 4.64. The van der Waals surface area contributed by atoms with Crippen LogP contribution < -0.4 is 10.6 Å². The normalized spacial score (nSPS) is 14.7. The van der Waals surface area contributed by atoms with Gasteiger partial charge in [-0.1, -0.05) is 6.92 Å². The zero-order chi connectivity index (χ0) is 10.5. The molecule has 2 N–H and O–H groups in total. The van der Waals surface area contributed by atoms with E-state index < -0.39 is 0 Å². The van der Waals surface area contributed by atoms with Crippen molar-refractivity contribution in [2.75, 3.05) is 13.1 Å². The van der Waals surface area contributed by atoms with Gasteiger partial charge in [0.25, 0.3) is 0 Å². The molecule has 6 heteroatoms. The van der Waals surface area contributed by atoms with Gasteiger partial charge in [0.15, 0.2) is 5.96 Å². The Labute approximate surface area is 117 Å². The highest BCUT2D eigenvalue weighted by atomic mass is 127. The minimum atomic E-state index is 0. The molecule has 1 aromatic heterocycles. The number of hydrogen-bond acceptors (Lipinski definition) is 5. The molecule has 2 heterocycles. The summed E-state index contributed by atoms with van der Waals surface area (Å²) >= 11 is 1.77. The fourth-order valence-electron chi connectivity index (χ4n) is 1.40. The summed E-state index contributed by atoms with van der Waals surface area (Å²) in [4.78, 5) is 10.0. The van der Waals surface area contributed by atoms with E-state index in [1.165, 1.54) is 4.88 Å². The smallest absolute Gasteiger partial charge is 0.191 e. The summed E-state index contributed by atoms with van der Waals surface area (Å²) in [5.41, 5.74) is 0. The Morgan fingerprint density at radius 2 is 2.44 bits per heavy atom. The number of thiazole rings is 1. The average Bonchev–Trinajstić information content (AvgIpc) is 2.76. The van der Waals surface area contributed by atoms with E-state index in [4.69, 9.17) is 0 Å². The molecule has 1 aromatic rings. The van der Waals surface area contributed by atoms with Gasteiger partial charge in [0.05, 0.1) is 6.54 Å². The number of nitrogens with zero attached hydrogens (tertiary/aromatic N) is 2. The molecule has 0 saturated heterocycles. The van der Waals surface area contributed by atoms with Crippen molar-refractivity contribution in [3.63, 3.8) is 0 Å². The van der Waals surface area contributed by atoms with Crippen LogP contribution in [0, 0.1) is 0 Å². The predicted octanol–water partition coefficient (Wildman–Crippen LogP) is 1.76. The predicted molar refractivity (Wildman–Crippen MR) is 78.7 cm³/mol. The number of halogens is 1. The molecule has 0 unspecified atom stereocenters. The number of rotatable bonds is 3. The maximum Gasteiger partial charge on any atom is 0.191 e. The van der Waals surface area contributed by atoms with Crippen LogP contribution in [-0.2, 0) is 13.0 Å². The van der Waals surface area contributed by atoms with Crippen molar-refractivity contribution < 1.29 is 0 Å². The Bertz CT molecular complexity index is 350. The van der Waals surface area contributed by atoms with Crippen molar-refractivity contribution >= 4 is 41.3 Å². The molecule has 90 valence electrons. The minimum Gasteiger partial charge on any atom is -0.356 e. The van der Waals surface area contributed by atoms with Crippen molar-refractivity contribution in [1.82, 2.24) is 15.6 Å². The van der Waals surface area contributed by atoms with E-state index >= 15 is 0 Å². The molecule has 0 aliphatic carbocycles. The molecule has 0 bridgehead atoms. The van der Waals surface area contributed by atoms with E-state index in [1.807, 2.05) is 6.20 Å². The van der Waals surface area contributed by atoms with Gasteiger partial charge < -0.3 is 10.6 Å². The lowest BCUT2D eigenvalue weighted by molar-refractivity contribution is 0.701. The van der Waals surface area contributed by atoms with Crippen LogP contribution >= 0.6 is 35.3 Å². The molecule has 0 spiro atoms. The zero-order valence-corrected chi connectivity index (χ0v) is 12.5. The molecule has 1 aliphatic rings. The zero-order valence-electron chi connectivity index (χ0n) is 9.32. The molecule has 0 atom stereocenters. The average molecular weight is 352 g/mol. The summed E-state index contributed by atoms with van der Waals surface area (Å²) < 4.78 is 0. The summed E-state index contributed by atoms with van der Waals surface area (Å²) in [6, 6.07) is 0. The lowest BCUT2D eigenvalue weighted by Crippen LogP contribution is -2.40. The number of nitrogens with one attached hydrogen (secondary N) is 2. The van der Waals surface area contributed by atoms with E-state index in [2.05, 4.69) is 27.5 Å². The third kappa shape index (κ3) is 3.89. The summed E-state index contributed by atoms with van der Waals surface area (Å²) in [5, 5.41) is 7.61. The van der Waals surface area contributed by atoms with Gasteiger partial charge >= 0.3 is 0 Å². The molecular weight excluding hydrogens is 335 g/mol. The molecule has 0 aromatic carbocycles. The minimum absolute atomic E-state index is 0. The van der Waals surface area contributed by atoms with Gasteiger partial charge in [-0.25, -0.2) is 4.98 Å². The lowest BCUT2D eigenvalue weighted by atomic mass is 10.4. The Balaban J connectivity index is 0.00000128. The van der Waals surface area contributed by atoms with Crippen molar-refractivity contribution in [2.45, 2.75) is 26.3 Å². The first-order valence-electron chi connectivity index (χ1n) is 5.34. The Morgan fingerprint density at radius 3 is 3.06 bits per heavy atom. The third-order valence-electron chi connectivity index (χ3n) is 2.25. The van der Waals surface area contributed by atoms with Crippen LogP contribution in [0.3, 0.4) is 0 Å². The van der Waals surface area contributed by atoms with Gasteiger partial charge in [0, 0.05) is 24.2 Å². The Hall–Kier alpha value is -0.370. The quantitative estimate of drug-likeness (QED) is 0.816. The summed E-state index contributed by atoms with van der Waals surface area (Å²) in [5.74, 6) is 0.912. The topological polar surface area (TPSA) is 49.3 Å². The number of aromatic nitrogens is 1. The van der Waals surface area contributed by atoms with Gasteiger partial charge in [-0.2, -0.15) is 0 Å². The maximum atomic E-state index is 4.34. The molecule has 16 heavy (non-hydrogen) atoms. The molecule has 4 nitrogen and oxygen atoms in total. The molecule has 2 rings (SSSR count). The standard InChI is InChI=1S/C10H16N4S.HI/c1-2-8-6-13-9(15-8)7-14-10-11-4-3-5-12-10;/h6H,2-5,7H2,1H3,(H2,11,12,14);1H. The van der Waals surface area contributed by atoms with Crippen LogP contribution in [0.4, 0.5) is 0 Å². The van der Waals surface area contributed by atoms with E-state index in [1.54, 1.807) is 11.3 Å². The monoisotopic (exact) mass is 352 g/mol. The summed E-state index contributed by atoms with van der Waals surface area (Å²) in [6.45, 7) is 4.87. The first-order valence-corrected chi connectivity index (χ1v) is 6.16. The van der Waals surface area contributed by atoms with E-state index in [9.17, 15) is 0 Å². The fourth-order valence-corrected chi connectivity index (χ4v) is 2.21. The number of aryl methyl sites for hydroxylation is 1. The molecular formula is C10H17IN4S. The highest BCUT2D eigenvalue weighted by molar-refractivity contribution is 14.0. The van der Waals surface area contributed by atoms with Crippen molar-refractivity contribution in [1.29, 1.82) is 0 Å². The van der Waals surface area contributed by atoms with Crippen LogP contribution in [0.1, 0.15) is 23.2 Å². The highest BCUT2D eigenvalue weighted by Gasteiger charge is 2.04. The van der Waals surface area contributed by atoms with Crippen molar-refractivity contribution in [3.05, 3.63) is 16.1 Å². The second kappa shape index (κ2) is 7.05. The molecule has 1 aliphatic heterocycles. The molecule has 0 radical (unpaired) electrons. The van der Waals surface area contributed by atoms with Crippen LogP contribution in [0.5, 0.6) is 0 Å². The number of aliphatic imine (C=N–C) groups is 1. The van der Waals surface area contributed by atoms with Crippen LogP contribution in [0.15, 0.2) is 11.2 Å². The Morgan fingerprint density at radius 1 is 1.56 bits per heavy atom. The Kier molecular flexibility index (Phi) is 6.04. The maximum absolute atomic E-state index is 4.34. The van der Waals surface area contributed by atoms with Gasteiger partial charge in [-0.15, -0.1) is 35.3 Å². The van der Waals surface area contributed by atoms with E-state index in [-0.39, 0.29) is 24.0 Å². The van der Waals surface area contributed by atoms with E-state index in [0.717, 1.165) is 43.4 Å². The largest absolute Gasteiger partial charge is 0.356 e. The molecule has 0 amide bonds. The van der Waals surface area contributed by atoms with E-state index in [0.29, 0.717) is 0 Å². The number of hydrogen-bond donors (Lipinski definition) is 2. The molecule has 0 fully saturated rings. The number of guanidine groups is 1. The van der Waals surface area contributed by atoms with Crippen LogP contribution in [0.25, 0.3) is 0 Å². The molecule has 0 saturated carbocycles. The SMILES string of the molecule is CCc1cnc(CNC2=NCCCN2)s1.I. The lowest BCUT2D eigenvalue weighted by Gasteiger charge is -2.14. The summed E-state index contributed by atoms with van der Waals surface area (Å²) in [7, 11) is 0. The van der Waals surface area contributed by atoms with Crippen molar-refractivity contribution in [2.24, 2.45) is 4.99 Å². The van der Waals surface area contributed by atoms with Gasteiger partial charge in [0.2, 0.25) is 0 Å². The second-order valence-electron chi connectivity index (χ2n) is 3.44. The fraction of sp³-hybridized carbons (Fsp3) is 0.600. The third-order valence-corrected chi connectivity index (χ3v) is 3.40. The summed E-state index contributed by atoms with van der Waals surface area (Å²) in [6.07, 6.45) is 4.15. The van der Waals surface area contributed by atoms with Crippen LogP contribution in [0.2, 0.25) is 0 Å². The first kappa shape index (κ1) is 13.7. The first-order chi connectivity index (χ1) is 7.38. The van der Waals surface area contributed by atoms with Gasteiger partial charge in [-0.3, -0.25) is 4.99 Å². The van der Waals surface area contributed by atoms with Gasteiger partial charge in [0.1, 0.15) is 5.01 Å². The van der Waals surface area contributed by atoms with Crippen LogP contribution in [-0.4, -0.2) is 24.0 Å². The highest BCUT2D eigenvalue weighted by Crippen LogP contribution is 2.12. The van der Waals surface area contributed by atoms with Crippen molar-refractivity contribution in [3.8, 4) is 0 Å².